The zero-order valence-corrected chi connectivity index (χ0v) is 12.4. The third-order valence-electron chi connectivity index (χ3n) is 2.73. The third kappa shape index (κ3) is 2.98. The molecule has 0 amide bonds. The second-order valence-electron chi connectivity index (χ2n) is 4.14. The molecule has 0 aliphatic rings. The van der Waals surface area contributed by atoms with Crippen molar-refractivity contribution in [2.75, 3.05) is 0 Å². The smallest absolute Gasteiger partial charge is 0.264 e. The molecule has 0 spiro atoms. The molecule has 2 aromatic rings. The molecule has 1 N–H and O–H groups in total. The Morgan fingerprint density at radius 3 is 2.67 bits per heavy atom. The van der Waals surface area contributed by atoms with E-state index in [2.05, 4.69) is 39.5 Å². The summed E-state index contributed by atoms with van der Waals surface area (Å²) in [6, 6.07) is 9.84. The van der Waals surface area contributed by atoms with Gasteiger partial charge < -0.3 is 4.98 Å². The van der Waals surface area contributed by atoms with E-state index < -0.39 is 0 Å². The number of aromatic amines is 1. The maximum atomic E-state index is 11.9. The lowest BCUT2D eigenvalue weighted by atomic mass is 10.1. The maximum Gasteiger partial charge on any atom is 0.264 e. The van der Waals surface area contributed by atoms with E-state index in [4.69, 9.17) is 0 Å². The fraction of sp³-hybridized carbons (Fsp3) is 0.286. The third-order valence-corrected chi connectivity index (χ3v) is 3.73. The standard InChI is InChI=1S/C14H15IN2O/c1-2-3-9-11-16-13(12(15)14(18)17-11)10-7-5-4-6-8-10/h4-8H,2-3,9H2,1H3,(H,16,17,18). The Bertz CT molecular complexity index is 578. The molecule has 0 atom stereocenters. The summed E-state index contributed by atoms with van der Waals surface area (Å²) < 4.78 is 0.652. The molecule has 0 fully saturated rings. The van der Waals surface area contributed by atoms with Crippen molar-refractivity contribution in [3.63, 3.8) is 0 Å². The van der Waals surface area contributed by atoms with E-state index >= 15 is 0 Å². The van der Waals surface area contributed by atoms with Gasteiger partial charge in [-0.1, -0.05) is 43.7 Å². The van der Waals surface area contributed by atoms with Crippen LogP contribution in [0, 0.1) is 3.57 Å². The lowest BCUT2D eigenvalue weighted by molar-refractivity contribution is 0.747. The molecule has 1 aromatic heterocycles. The van der Waals surface area contributed by atoms with E-state index in [0.29, 0.717) is 3.57 Å². The predicted molar refractivity (Wildman–Crippen MR) is 81.6 cm³/mol. The van der Waals surface area contributed by atoms with Crippen LogP contribution in [0.1, 0.15) is 25.6 Å². The number of hydrogen-bond donors (Lipinski definition) is 1. The molecular formula is C14H15IN2O. The molecule has 0 saturated carbocycles. The van der Waals surface area contributed by atoms with Gasteiger partial charge in [-0.05, 0) is 29.0 Å². The van der Waals surface area contributed by atoms with Gasteiger partial charge >= 0.3 is 0 Å². The van der Waals surface area contributed by atoms with Crippen LogP contribution in [0.15, 0.2) is 35.1 Å². The summed E-state index contributed by atoms with van der Waals surface area (Å²) in [5, 5.41) is 0. The van der Waals surface area contributed by atoms with Gasteiger partial charge in [0.1, 0.15) is 9.39 Å². The highest BCUT2D eigenvalue weighted by atomic mass is 127. The van der Waals surface area contributed by atoms with Crippen molar-refractivity contribution in [1.29, 1.82) is 0 Å². The summed E-state index contributed by atoms with van der Waals surface area (Å²) in [6.07, 6.45) is 2.95. The predicted octanol–water partition coefficient (Wildman–Crippen LogP) is 3.38. The molecule has 0 aliphatic heterocycles. The van der Waals surface area contributed by atoms with Crippen molar-refractivity contribution in [2.24, 2.45) is 0 Å². The highest BCUT2D eigenvalue weighted by Crippen LogP contribution is 2.20. The second kappa shape index (κ2) is 6.13. The summed E-state index contributed by atoms with van der Waals surface area (Å²) >= 11 is 2.06. The number of aromatic nitrogens is 2. The van der Waals surface area contributed by atoms with Crippen molar-refractivity contribution in [3.05, 3.63) is 50.1 Å². The summed E-state index contributed by atoms with van der Waals surface area (Å²) in [5.74, 6) is 0.779. The molecular weight excluding hydrogens is 339 g/mol. The fourth-order valence-electron chi connectivity index (χ4n) is 1.76. The van der Waals surface area contributed by atoms with Crippen molar-refractivity contribution in [2.45, 2.75) is 26.2 Å². The average Bonchev–Trinajstić information content (AvgIpc) is 2.41. The van der Waals surface area contributed by atoms with E-state index in [9.17, 15) is 4.79 Å². The lowest BCUT2D eigenvalue weighted by Gasteiger charge is -2.06. The molecule has 0 unspecified atom stereocenters. The summed E-state index contributed by atoms with van der Waals surface area (Å²) in [6.45, 7) is 2.13. The van der Waals surface area contributed by atoms with E-state index in [1.54, 1.807) is 0 Å². The SMILES string of the molecule is CCCCc1nc(-c2ccccc2)c(I)c(=O)[nH]1. The number of halogens is 1. The highest BCUT2D eigenvalue weighted by molar-refractivity contribution is 14.1. The van der Waals surface area contributed by atoms with Gasteiger partial charge in [-0.25, -0.2) is 4.98 Å². The van der Waals surface area contributed by atoms with Crippen LogP contribution in [0.3, 0.4) is 0 Å². The topological polar surface area (TPSA) is 45.8 Å². The number of rotatable bonds is 4. The van der Waals surface area contributed by atoms with Gasteiger partial charge in [0.25, 0.3) is 5.56 Å². The van der Waals surface area contributed by atoms with Crippen LogP contribution in [-0.4, -0.2) is 9.97 Å². The minimum atomic E-state index is -0.0458. The normalized spacial score (nSPS) is 10.6. The van der Waals surface area contributed by atoms with Crippen LogP contribution in [0.2, 0.25) is 0 Å². The molecule has 0 radical (unpaired) electrons. The number of nitrogens with one attached hydrogen (secondary N) is 1. The van der Waals surface area contributed by atoms with Crippen molar-refractivity contribution < 1.29 is 0 Å². The summed E-state index contributed by atoms with van der Waals surface area (Å²) in [5.41, 5.74) is 1.73. The van der Waals surface area contributed by atoms with E-state index in [0.717, 1.165) is 36.3 Å². The Morgan fingerprint density at radius 1 is 1.28 bits per heavy atom. The second-order valence-corrected chi connectivity index (χ2v) is 5.22. The van der Waals surface area contributed by atoms with Crippen molar-refractivity contribution in [1.82, 2.24) is 9.97 Å². The van der Waals surface area contributed by atoms with Gasteiger partial charge in [0.2, 0.25) is 0 Å². The molecule has 18 heavy (non-hydrogen) atoms. The van der Waals surface area contributed by atoms with Gasteiger partial charge in [0.15, 0.2) is 0 Å². The Labute approximate surface area is 120 Å². The Morgan fingerprint density at radius 2 is 2.00 bits per heavy atom. The Balaban J connectivity index is 2.46. The van der Waals surface area contributed by atoms with Crippen LogP contribution in [0.4, 0.5) is 0 Å². The van der Waals surface area contributed by atoms with Gasteiger partial charge in [-0.3, -0.25) is 4.79 Å². The monoisotopic (exact) mass is 354 g/mol. The molecule has 3 nitrogen and oxygen atoms in total. The molecule has 4 heteroatoms. The molecule has 0 bridgehead atoms. The van der Waals surface area contributed by atoms with E-state index in [1.807, 2.05) is 30.3 Å². The summed E-state index contributed by atoms with van der Waals surface area (Å²) in [7, 11) is 0. The average molecular weight is 354 g/mol. The first-order chi connectivity index (χ1) is 8.72. The number of hydrogen-bond acceptors (Lipinski definition) is 2. The Hall–Kier alpha value is -1.17. The first-order valence-electron chi connectivity index (χ1n) is 6.06. The largest absolute Gasteiger partial charge is 0.310 e. The molecule has 2 rings (SSSR count). The number of H-pyrrole nitrogens is 1. The van der Waals surface area contributed by atoms with Gasteiger partial charge in [-0.2, -0.15) is 0 Å². The molecule has 1 aromatic carbocycles. The first-order valence-corrected chi connectivity index (χ1v) is 7.14. The van der Waals surface area contributed by atoms with Crippen LogP contribution >= 0.6 is 22.6 Å². The molecule has 0 aliphatic carbocycles. The van der Waals surface area contributed by atoms with E-state index in [1.165, 1.54) is 0 Å². The van der Waals surface area contributed by atoms with Crippen molar-refractivity contribution >= 4 is 22.6 Å². The van der Waals surface area contributed by atoms with E-state index in [-0.39, 0.29) is 5.56 Å². The lowest BCUT2D eigenvalue weighted by Crippen LogP contribution is -2.16. The van der Waals surface area contributed by atoms with Crippen LogP contribution in [-0.2, 0) is 6.42 Å². The van der Waals surface area contributed by atoms with Crippen LogP contribution < -0.4 is 5.56 Å². The van der Waals surface area contributed by atoms with Crippen LogP contribution in [0.5, 0.6) is 0 Å². The maximum absolute atomic E-state index is 11.9. The highest BCUT2D eigenvalue weighted by Gasteiger charge is 2.10. The number of unbranched alkanes of at least 4 members (excludes halogenated alkanes) is 1. The summed E-state index contributed by atoms with van der Waals surface area (Å²) in [4.78, 5) is 19.3. The first kappa shape index (κ1) is 13.3. The van der Waals surface area contributed by atoms with Crippen molar-refractivity contribution in [3.8, 4) is 11.3 Å². The molecule has 0 saturated heterocycles. The van der Waals surface area contributed by atoms with Gasteiger partial charge in [-0.15, -0.1) is 0 Å². The quantitative estimate of drug-likeness (QED) is 0.856. The minimum Gasteiger partial charge on any atom is -0.310 e. The minimum absolute atomic E-state index is 0.0458. The zero-order chi connectivity index (χ0) is 13.0. The van der Waals surface area contributed by atoms with Gasteiger partial charge in [0, 0.05) is 12.0 Å². The number of nitrogens with zero attached hydrogens (tertiary/aromatic N) is 1. The number of aryl methyl sites for hydroxylation is 1. The Kier molecular flexibility index (Phi) is 4.52. The zero-order valence-electron chi connectivity index (χ0n) is 10.2. The van der Waals surface area contributed by atoms with Gasteiger partial charge in [0.05, 0.1) is 5.69 Å². The molecule has 94 valence electrons. The van der Waals surface area contributed by atoms with Crippen LogP contribution in [0.25, 0.3) is 11.3 Å². The molecule has 1 heterocycles. The number of benzene rings is 1. The fourth-order valence-corrected chi connectivity index (χ4v) is 2.32.